The van der Waals surface area contributed by atoms with Crippen molar-refractivity contribution in [2.45, 2.75) is 44.6 Å². The number of carbonyl (C=O) groups excluding carboxylic acids is 1. The van der Waals surface area contributed by atoms with Gasteiger partial charge in [-0.05, 0) is 61.6 Å². The summed E-state index contributed by atoms with van der Waals surface area (Å²) in [5.74, 6) is -0.0149. The maximum absolute atomic E-state index is 13.7. The molecule has 2 aromatic carbocycles. The maximum Gasteiger partial charge on any atom is 0.230 e. The number of halogens is 2. The molecule has 0 bridgehead atoms. The van der Waals surface area contributed by atoms with Gasteiger partial charge >= 0.3 is 0 Å². The summed E-state index contributed by atoms with van der Waals surface area (Å²) in [4.78, 5) is 19.7. The first-order chi connectivity index (χ1) is 15.9. The lowest BCUT2D eigenvalue weighted by Gasteiger charge is -2.35. The summed E-state index contributed by atoms with van der Waals surface area (Å²) >= 11 is 5.96. The van der Waals surface area contributed by atoms with Gasteiger partial charge in [-0.3, -0.25) is 4.79 Å². The topological polar surface area (TPSA) is 42.4 Å². The summed E-state index contributed by atoms with van der Waals surface area (Å²) < 4.78 is 19.2. The molecule has 3 unspecified atom stereocenters. The minimum absolute atomic E-state index is 0.00106. The summed E-state index contributed by atoms with van der Waals surface area (Å²) in [6.45, 7) is 4.70. The molecule has 0 radical (unpaired) electrons. The lowest BCUT2D eigenvalue weighted by molar-refractivity contribution is -0.135. The van der Waals surface area contributed by atoms with Gasteiger partial charge in [0.2, 0.25) is 11.8 Å². The van der Waals surface area contributed by atoms with E-state index in [-0.39, 0.29) is 23.7 Å². The van der Waals surface area contributed by atoms with E-state index in [1.807, 2.05) is 11.8 Å². The highest BCUT2D eigenvalue weighted by Gasteiger charge is 2.34. The molecule has 0 N–H and O–H groups in total. The Kier molecular flexibility index (Phi) is 7.29. The quantitative estimate of drug-likeness (QED) is 0.382. The van der Waals surface area contributed by atoms with Crippen LogP contribution in [0.5, 0.6) is 5.88 Å². The predicted molar refractivity (Wildman–Crippen MR) is 128 cm³/mol. The van der Waals surface area contributed by atoms with E-state index in [9.17, 15) is 9.18 Å². The second-order valence-corrected chi connectivity index (χ2v) is 8.92. The zero-order chi connectivity index (χ0) is 23.4. The number of pyridine rings is 1. The normalized spacial score (nSPS) is 16.7. The Labute approximate surface area is 199 Å². The molecule has 33 heavy (non-hydrogen) atoms. The summed E-state index contributed by atoms with van der Waals surface area (Å²) in [6.07, 6.45) is 2.02. The van der Waals surface area contributed by atoms with Gasteiger partial charge in [-0.2, -0.15) is 0 Å². The van der Waals surface area contributed by atoms with Crippen molar-refractivity contribution < 1.29 is 13.9 Å². The molecule has 0 spiro atoms. The average Bonchev–Trinajstić information content (AvgIpc) is 3.25. The van der Waals surface area contributed by atoms with Crippen molar-refractivity contribution in [3.63, 3.8) is 0 Å². The molecule has 6 heteroatoms. The van der Waals surface area contributed by atoms with Gasteiger partial charge in [-0.1, -0.05) is 54.1 Å². The standard InChI is InChI=1S/C27H28ClFN2O2/c1-18(20-10-13-22(29)14-11-20)27(32)31(16-17-33-26-9-5-8-25(28)30-26)19(2)23-15-12-21-6-3-4-7-24(21)23/h3-11,13-14,18-19,23H,12,15-17H2,1-2H3. The van der Waals surface area contributed by atoms with Crippen LogP contribution in [0.4, 0.5) is 4.39 Å². The second kappa shape index (κ2) is 10.3. The molecule has 1 aliphatic carbocycles. The van der Waals surface area contributed by atoms with Gasteiger partial charge in [0.05, 0.1) is 12.5 Å². The van der Waals surface area contributed by atoms with E-state index < -0.39 is 5.92 Å². The number of aryl methyl sites for hydroxylation is 1. The lowest BCUT2D eigenvalue weighted by atomic mass is 9.91. The highest BCUT2D eigenvalue weighted by atomic mass is 35.5. The van der Waals surface area contributed by atoms with Crippen molar-refractivity contribution in [1.82, 2.24) is 9.88 Å². The van der Waals surface area contributed by atoms with E-state index >= 15 is 0 Å². The Morgan fingerprint density at radius 1 is 1.12 bits per heavy atom. The summed E-state index contributed by atoms with van der Waals surface area (Å²) in [7, 11) is 0. The molecule has 172 valence electrons. The fraction of sp³-hybridized carbons (Fsp3) is 0.333. The molecule has 1 aromatic heterocycles. The van der Waals surface area contributed by atoms with Crippen molar-refractivity contribution >= 4 is 17.5 Å². The Morgan fingerprint density at radius 3 is 2.64 bits per heavy atom. The molecule has 3 atom stereocenters. The highest BCUT2D eigenvalue weighted by molar-refractivity contribution is 6.29. The number of nitrogens with zero attached hydrogens (tertiary/aromatic N) is 2. The van der Waals surface area contributed by atoms with E-state index in [1.54, 1.807) is 30.3 Å². The van der Waals surface area contributed by atoms with Crippen LogP contribution >= 0.6 is 11.6 Å². The molecule has 0 saturated carbocycles. The molecule has 0 fully saturated rings. The largest absolute Gasteiger partial charge is 0.476 e. The second-order valence-electron chi connectivity index (χ2n) is 8.54. The van der Waals surface area contributed by atoms with Gasteiger partial charge in [0, 0.05) is 18.0 Å². The van der Waals surface area contributed by atoms with Gasteiger partial charge < -0.3 is 9.64 Å². The van der Waals surface area contributed by atoms with Crippen LogP contribution in [0.1, 0.15) is 48.8 Å². The third-order valence-electron chi connectivity index (χ3n) is 6.55. The van der Waals surface area contributed by atoms with Crippen molar-refractivity contribution in [2.75, 3.05) is 13.2 Å². The molecule has 0 saturated heterocycles. The molecule has 1 amide bonds. The molecule has 3 aromatic rings. The van der Waals surface area contributed by atoms with Crippen LogP contribution in [0, 0.1) is 5.82 Å². The first-order valence-electron chi connectivity index (χ1n) is 11.3. The van der Waals surface area contributed by atoms with E-state index in [1.165, 1.54) is 23.3 Å². The molecule has 1 aliphatic rings. The monoisotopic (exact) mass is 466 g/mol. The van der Waals surface area contributed by atoms with Gasteiger partial charge in [-0.15, -0.1) is 0 Å². The van der Waals surface area contributed by atoms with Crippen molar-refractivity contribution in [3.8, 4) is 5.88 Å². The number of fused-ring (bicyclic) bond motifs is 1. The molecule has 4 nitrogen and oxygen atoms in total. The fourth-order valence-corrected chi connectivity index (χ4v) is 4.84. The van der Waals surface area contributed by atoms with Crippen LogP contribution in [0.3, 0.4) is 0 Å². The summed E-state index contributed by atoms with van der Waals surface area (Å²) in [5, 5.41) is 0.362. The van der Waals surface area contributed by atoms with Crippen molar-refractivity contribution in [3.05, 3.63) is 94.4 Å². The molecular formula is C27H28ClFN2O2. The number of ether oxygens (including phenoxy) is 1. The first-order valence-corrected chi connectivity index (χ1v) is 11.7. The minimum Gasteiger partial charge on any atom is -0.476 e. The van der Waals surface area contributed by atoms with Gasteiger partial charge in [-0.25, -0.2) is 9.37 Å². The minimum atomic E-state index is -0.394. The third kappa shape index (κ3) is 5.36. The number of rotatable bonds is 8. The van der Waals surface area contributed by atoms with E-state index in [2.05, 4.69) is 36.2 Å². The van der Waals surface area contributed by atoms with Crippen LogP contribution in [0.2, 0.25) is 5.15 Å². The lowest BCUT2D eigenvalue weighted by Crippen LogP contribution is -2.45. The van der Waals surface area contributed by atoms with Crippen molar-refractivity contribution in [1.29, 1.82) is 0 Å². The SMILES string of the molecule is CC(C(=O)N(CCOc1cccc(Cl)n1)C(C)C1CCc2ccccc21)c1ccc(F)cc1. The van der Waals surface area contributed by atoms with Gasteiger partial charge in [0.1, 0.15) is 17.6 Å². The number of amides is 1. The number of hydrogen-bond acceptors (Lipinski definition) is 3. The maximum atomic E-state index is 13.7. The zero-order valence-corrected chi connectivity index (χ0v) is 19.6. The third-order valence-corrected chi connectivity index (χ3v) is 6.76. The Hall–Kier alpha value is -2.92. The number of aromatic nitrogens is 1. The number of benzene rings is 2. The Bertz CT molecular complexity index is 1110. The highest BCUT2D eigenvalue weighted by Crippen LogP contribution is 2.38. The van der Waals surface area contributed by atoms with Crippen LogP contribution in [-0.4, -0.2) is 35.0 Å². The van der Waals surface area contributed by atoms with Gasteiger partial charge in [0.15, 0.2) is 0 Å². The van der Waals surface area contributed by atoms with Crippen LogP contribution < -0.4 is 4.74 Å². The summed E-state index contributed by atoms with van der Waals surface area (Å²) in [6, 6.07) is 19.8. The first kappa shape index (κ1) is 23.2. The summed E-state index contributed by atoms with van der Waals surface area (Å²) in [5.41, 5.74) is 3.46. The molecule has 0 aliphatic heterocycles. The predicted octanol–water partition coefficient (Wildman–Crippen LogP) is 6.00. The Morgan fingerprint density at radius 2 is 1.88 bits per heavy atom. The number of carbonyl (C=O) groups is 1. The van der Waals surface area contributed by atoms with Crippen LogP contribution in [-0.2, 0) is 11.2 Å². The Balaban J connectivity index is 1.54. The van der Waals surface area contributed by atoms with Gasteiger partial charge in [0.25, 0.3) is 0 Å². The molecule has 1 heterocycles. The van der Waals surface area contributed by atoms with E-state index in [0.29, 0.717) is 24.2 Å². The molecule has 4 rings (SSSR count). The van der Waals surface area contributed by atoms with E-state index in [0.717, 1.165) is 18.4 Å². The van der Waals surface area contributed by atoms with Crippen LogP contribution in [0.15, 0.2) is 66.7 Å². The van der Waals surface area contributed by atoms with Crippen molar-refractivity contribution in [2.24, 2.45) is 0 Å². The average molecular weight is 467 g/mol. The number of hydrogen-bond donors (Lipinski definition) is 0. The molecular weight excluding hydrogens is 439 g/mol. The fourth-order valence-electron chi connectivity index (χ4n) is 4.68. The zero-order valence-electron chi connectivity index (χ0n) is 18.9. The van der Waals surface area contributed by atoms with E-state index in [4.69, 9.17) is 16.3 Å². The smallest absolute Gasteiger partial charge is 0.230 e. The van der Waals surface area contributed by atoms with Crippen LogP contribution in [0.25, 0.3) is 0 Å².